The Morgan fingerprint density at radius 2 is 2.43 bits per heavy atom. The molecule has 76 valence electrons. The topological polar surface area (TPSA) is 53.1 Å². The Bertz CT molecular complexity index is 384. The number of rotatable bonds is 2. The van der Waals surface area contributed by atoms with Crippen LogP contribution in [0.1, 0.15) is 47.4 Å². The predicted octanol–water partition coefficient (Wildman–Crippen LogP) is 2.29. The van der Waals surface area contributed by atoms with E-state index < -0.39 is 11.8 Å². The van der Waals surface area contributed by atoms with Gasteiger partial charge in [0.1, 0.15) is 0 Å². The van der Waals surface area contributed by atoms with Gasteiger partial charge in [0.25, 0.3) is 0 Å². The van der Waals surface area contributed by atoms with Gasteiger partial charge >= 0.3 is 5.97 Å². The van der Waals surface area contributed by atoms with Crippen LogP contribution >= 0.6 is 0 Å². The van der Waals surface area contributed by atoms with Gasteiger partial charge in [0, 0.05) is 11.3 Å². The number of hydrogen-bond donors (Lipinski definition) is 2. The molecular weight excluding hydrogens is 185 g/mol. The van der Waals surface area contributed by atoms with Crippen LogP contribution < -0.4 is 0 Å². The van der Waals surface area contributed by atoms with E-state index in [0.717, 1.165) is 18.5 Å². The number of nitrogens with one attached hydrogen (secondary N) is 1. The third-order valence-electron chi connectivity index (χ3n) is 2.93. The monoisotopic (exact) mass is 197 g/mol. The molecule has 1 aliphatic rings. The fourth-order valence-electron chi connectivity index (χ4n) is 2.15. The molecule has 0 aliphatic heterocycles. The summed E-state index contributed by atoms with van der Waals surface area (Å²) in [5.74, 6) is -1.48. The minimum atomic E-state index is -1.22. The average Bonchev–Trinajstić information content (AvgIpc) is 2.66. The SMILES string of the molecule is CCC1CCc2c1[nH]c(C(=O)O)c2F. The zero-order valence-electron chi connectivity index (χ0n) is 7.93. The molecule has 1 aromatic rings. The van der Waals surface area contributed by atoms with Gasteiger partial charge in [-0.15, -0.1) is 0 Å². The van der Waals surface area contributed by atoms with E-state index in [1.54, 1.807) is 0 Å². The standard InChI is InChI=1S/C10H12FNO2/c1-2-5-3-4-6-7(11)9(10(13)14)12-8(5)6/h5,12H,2-4H2,1H3,(H,13,14). The van der Waals surface area contributed by atoms with Gasteiger partial charge in [-0.1, -0.05) is 6.92 Å². The van der Waals surface area contributed by atoms with Crippen molar-refractivity contribution >= 4 is 5.97 Å². The first kappa shape index (κ1) is 9.24. The normalized spacial score (nSPS) is 19.7. The molecule has 1 aromatic heterocycles. The molecule has 0 fully saturated rings. The summed E-state index contributed by atoms with van der Waals surface area (Å²) in [6.45, 7) is 2.03. The Balaban J connectivity index is 2.48. The van der Waals surface area contributed by atoms with E-state index in [9.17, 15) is 9.18 Å². The van der Waals surface area contributed by atoms with E-state index in [1.165, 1.54) is 0 Å². The Morgan fingerprint density at radius 1 is 1.71 bits per heavy atom. The van der Waals surface area contributed by atoms with E-state index >= 15 is 0 Å². The van der Waals surface area contributed by atoms with Gasteiger partial charge < -0.3 is 10.1 Å². The number of H-pyrrole nitrogens is 1. The van der Waals surface area contributed by atoms with Gasteiger partial charge in [-0.05, 0) is 25.2 Å². The van der Waals surface area contributed by atoms with E-state index in [2.05, 4.69) is 4.98 Å². The zero-order chi connectivity index (χ0) is 10.3. The maximum absolute atomic E-state index is 13.5. The van der Waals surface area contributed by atoms with E-state index in [4.69, 9.17) is 5.11 Å². The largest absolute Gasteiger partial charge is 0.476 e. The van der Waals surface area contributed by atoms with Crippen LogP contribution in [0.5, 0.6) is 0 Å². The van der Waals surface area contributed by atoms with E-state index in [0.29, 0.717) is 17.9 Å². The van der Waals surface area contributed by atoms with Gasteiger partial charge in [0.15, 0.2) is 11.5 Å². The molecular formula is C10H12FNO2. The molecule has 0 saturated heterocycles. The minimum absolute atomic E-state index is 0.284. The molecule has 3 nitrogen and oxygen atoms in total. The number of aromatic amines is 1. The molecule has 0 spiro atoms. The molecule has 2 N–H and O–H groups in total. The summed E-state index contributed by atoms with van der Waals surface area (Å²) in [5, 5.41) is 8.71. The molecule has 2 rings (SSSR count). The average molecular weight is 197 g/mol. The quantitative estimate of drug-likeness (QED) is 0.764. The number of aromatic nitrogens is 1. The minimum Gasteiger partial charge on any atom is -0.476 e. The van der Waals surface area contributed by atoms with Gasteiger partial charge in [0.2, 0.25) is 0 Å². The molecule has 0 amide bonds. The van der Waals surface area contributed by atoms with E-state index in [1.807, 2.05) is 6.92 Å². The van der Waals surface area contributed by atoms with Gasteiger partial charge in [-0.25, -0.2) is 9.18 Å². The van der Waals surface area contributed by atoms with Crippen molar-refractivity contribution in [3.8, 4) is 0 Å². The number of carboxylic acids is 1. The smallest absolute Gasteiger partial charge is 0.355 e. The number of halogens is 1. The van der Waals surface area contributed by atoms with Crippen molar-refractivity contribution < 1.29 is 14.3 Å². The van der Waals surface area contributed by atoms with Crippen molar-refractivity contribution in [1.82, 2.24) is 4.98 Å². The summed E-state index contributed by atoms with van der Waals surface area (Å²) in [7, 11) is 0. The highest BCUT2D eigenvalue weighted by atomic mass is 19.1. The first-order valence-corrected chi connectivity index (χ1v) is 4.78. The van der Waals surface area contributed by atoms with Crippen molar-refractivity contribution in [3.63, 3.8) is 0 Å². The number of carboxylic acid groups (broad SMARTS) is 1. The molecule has 0 aromatic carbocycles. The maximum atomic E-state index is 13.5. The summed E-state index contributed by atoms with van der Waals surface area (Å²) in [5.41, 5.74) is 1.09. The molecule has 4 heteroatoms. The van der Waals surface area contributed by atoms with Crippen LogP contribution in [-0.2, 0) is 6.42 Å². The predicted molar refractivity (Wildman–Crippen MR) is 49.1 cm³/mol. The maximum Gasteiger partial charge on any atom is 0.355 e. The van der Waals surface area contributed by atoms with Gasteiger partial charge in [-0.3, -0.25) is 0 Å². The molecule has 1 aliphatic carbocycles. The fourth-order valence-corrected chi connectivity index (χ4v) is 2.15. The molecule has 0 saturated carbocycles. The fraction of sp³-hybridized carbons (Fsp3) is 0.500. The van der Waals surface area contributed by atoms with Crippen molar-refractivity contribution in [3.05, 3.63) is 22.8 Å². The highest BCUT2D eigenvalue weighted by molar-refractivity contribution is 5.86. The third-order valence-corrected chi connectivity index (χ3v) is 2.93. The number of aromatic carboxylic acids is 1. The Kier molecular flexibility index (Phi) is 2.06. The highest BCUT2D eigenvalue weighted by Crippen LogP contribution is 2.37. The van der Waals surface area contributed by atoms with Crippen molar-refractivity contribution in [2.75, 3.05) is 0 Å². The molecule has 0 bridgehead atoms. The summed E-state index contributed by atoms with van der Waals surface area (Å²) >= 11 is 0. The number of carbonyl (C=O) groups is 1. The van der Waals surface area contributed by atoms with Gasteiger partial charge in [0.05, 0.1) is 0 Å². The second-order valence-electron chi connectivity index (χ2n) is 3.66. The lowest BCUT2D eigenvalue weighted by Crippen LogP contribution is -2.01. The molecule has 1 heterocycles. The Morgan fingerprint density at radius 3 is 3.00 bits per heavy atom. The van der Waals surface area contributed by atoms with Crippen LogP contribution in [0.25, 0.3) is 0 Å². The second kappa shape index (κ2) is 3.12. The first-order chi connectivity index (χ1) is 6.65. The Hall–Kier alpha value is -1.32. The summed E-state index contributed by atoms with van der Waals surface area (Å²) in [6, 6.07) is 0. The van der Waals surface area contributed by atoms with Crippen molar-refractivity contribution in [2.24, 2.45) is 0 Å². The van der Waals surface area contributed by atoms with Crippen LogP contribution in [-0.4, -0.2) is 16.1 Å². The zero-order valence-corrected chi connectivity index (χ0v) is 7.93. The van der Waals surface area contributed by atoms with Crippen LogP contribution in [0, 0.1) is 5.82 Å². The van der Waals surface area contributed by atoms with Crippen molar-refractivity contribution in [2.45, 2.75) is 32.1 Å². The number of hydrogen-bond acceptors (Lipinski definition) is 1. The first-order valence-electron chi connectivity index (χ1n) is 4.78. The molecule has 0 radical (unpaired) electrons. The van der Waals surface area contributed by atoms with Gasteiger partial charge in [-0.2, -0.15) is 0 Å². The second-order valence-corrected chi connectivity index (χ2v) is 3.66. The summed E-state index contributed by atoms with van der Waals surface area (Å²) in [4.78, 5) is 13.3. The van der Waals surface area contributed by atoms with Crippen molar-refractivity contribution in [1.29, 1.82) is 0 Å². The molecule has 1 unspecified atom stereocenters. The lowest BCUT2D eigenvalue weighted by atomic mass is 10.1. The summed E-state index contributed by atoms with van der Waals surface area (Å²) < 4.78 is 13.5. The third kappa shape index (κ3) is 1.14. The molecule has 1 atom stereocenters. The number of fused-ring (bicyclic) bond motifs is 1. The Labute approximate surface area is 80.9 Å². The lowest BCUT2D eigenvalue weighted by Gasteiger charge is -2.04. The van der Waals surface area contributed by atoms with Crippen LogP contribution in [0.15, 0.2) is 0 Å². The van der Waals surface area contributed by atoms with E-state index in [-0.39, 0.29) is 5.69 Å². The molecule has 14 heavy (non-hydrogen) atoms. The summed E-state index contributed by atoms with van der Waals surface area (Å²) in [6.07, 6.45) is 2.50. The van der Waals surface area contributed by atoms with Crippen LogP contribution in [0.4, 0.5) is 4.39 Å². The van der Waals surface area contributed by atoms with Crippen LogP contribution in [0.3, 0.4) is 0 Å². The van der Waals surface area contributed by atoms with Crippen LogP contribution in [0.2, 0.25) is 0 Å². The lowest BCUT2D eigenvalue weighted by molar-refractivity contribution is 0.0685. The highest BCUT2D eigenvalue weighted by Gasteiger charge is 2.30.